The highest BCUT2D eigenvalue weighted by Crippen LogP contribution is 2.29. The first-order valence-corrected chi connectivity index (χ1v) is 5.75. The van der Waals surface area contributed by atoms with Gasteiger partial charge >= 0.3 is 0 Å². The van der Waals surface area contributed by atoms with Crippen molar-refractivity contribution < 1.29 is 4.74 Å². The van der Waals surface area contributed by atoms with Crippen LogP contribution in [0.1, 0.15) is 30.9 Å². The molecule has 4 heteroatoms. The molecule has 1 aliphatic heterocycles. The van der Waals surface area contributed by atoms with Crippen LogP contribution in [0.15, 0.2) is 18.2 Å². The number of methoxy groups -OCH3 is 1. The maximum atomic E-state index is 6.04. The molecule has 0 radical (unpaired) electrons. The largest absolute Gasteiger partial charge is 0.497 e. The third-order valence-electron chi connectivity index (χ3n) is 2.84. The van der Waals surface area contributed by atoms with Crippen molar-refractivity contribution in [3.63, 3.8) is 0 Å². The first kappa shape index (κ1) is 13.6. The number of hydrogen-bond acceptors (Lipinski definition) is 2. The second kappa shape index (κ2) is 6.33. The van der Waals surface area contributed by atoms with Crippen molar-refractivity contribution in [3.8, 4) is 5.75 Å². The van der Waals surface area contributed by atoms with Crippen molar-refractivity contribution >= 4 is 24.0 Å². The Morgan fingerprint density at radius 3 is 2.75 bits per heavy atom. The highest BCUT2D eigenvalue weighted by molar-refractivity contribution is 6.30. The topological polar surface area (TPSA) is 21.3 Å². The molecular formula is C12H17Cl2NO. The average molecular weight is 262 g/mol. The molecule has 0 unspecified atom stereocenters. The summed E-state index contributed by atoms with van der Waals surface area (Å²) in [5.74, 6) is 0.838. The normalized spacial score (nSPS) is 20.0. The Morgan fingerprint density at radius 1 is 1.31 bits per heavy atom. The van der Waals surface area contributed by atoms with Crippen LogP contribution in [0.2, 0.25) is 5.02 Å². The summed E-state index contributed by atoms with van der Waals surface area (Å²) in [6, 6.07) is 6.36. The third-order valence-corrected chi connectivity index (χ3v) is 3.06. The Kier molecular flexibility index (Phi) is 5.39. The van der Waals surface area contributed by atoms with Gasteiger partial charge in [0.15, 0.2) is 0 Å². The Hall–Kier alpha value is -0.440. The zero-order chi connectivity index (χ0) is 10.7. The number of nitrogens with one attached hydrogen (secondary N) is 1. The lowest BCUT2D eigenvalue weighted by atomic mass is 9.97. The second-order valence-corrected chi connectivity index (χ2v) is 4.36. The van der Waals surface area contributed by atoms with Crippen LogP contribution in [0.4, 0.5) is 0 Å². The SMILES string of the molecule is COc1cc(Cl)cc([C@@H]2CCCCN2)c1.Cl. The average Bonchev–Trinajstić information content (AvgIpc) is 2.29. The van der Waals surface area contributed by atoms with Gasteiger partial charge in [0.1, 0.15) is 5.75 Å². The molecule has 0 aromatic heterocycles. The fourth-order valence-electron chi connectivity index (χ4n) is 2.04. The van der Waals surface area contributed by atoms with Crippen LogP contribution in [0.25, 0.3) is 0 Å². The lowest BCUT2D eigenvalue weighted by Gasteiger charge is -2.24. The van der Waals surface area contributed by atoms with Gasteiger partial charge in [-0.1, -0.05) is 18.0 Å². The van der Waals surface area contributed by atoms with Crippen molar-refractivity contribution in [2.75, 3.05) is 13.7 Å². The predicted octanol–water partition coefficient (Wildman–Crippen LogP) is 3.59. The van der Waals surface area contributed by atoms with Crippen LogP contribution in [-0.2, 0) is 0 Å². The van der Waals surface area contributed by atoms with E-state index in [4.69, 9.17) is 16.3 Å². The zero-order valence-electron chi connectivity index (χ0n) is 9.33. The molecule has 1 N–H and O–H groups in total. The maximum absolute atomic E-state index is 6.04. The van der Waals surface area contributed by atoms with Gasteiger partial charge in [0.2, 0.25) is 0 Å². The minimum atomic E-state index is 0. The van der Waals surface area contributed by atoms with Crippen LogP contribution < -0.4 is 10.1 Å². The van der Waals surface area contributed by atoms with E-state index < -0.39 is 0 Å². The van der Waals surface area contributed by atoms with E-state index in [0.29, 0.717) is 6.04 Å². The molecule has 2 rings (SSSR count). The maximum Gasteiger partial charge on any atom is 0.120 e. The number of rotatable bonds is 2. The summed E-state index contributed by atoms with van der Waals surface area (Å²) in [5, 5.41) is 4.25. The number of benzene rings is 1. The van der Waals surface area contributed by atoms with Gasteiger partial charge in [-0.05, 0) is 43.1 Å². The van der Waals surface area contributed by atoms with Crippen LogP contribution in [0.3, 0.4) is 0 Å². The summed E-state index contributed by atoms with van der Waals surface area (Å²) in [7, 11) is 1.67. The molecule has 90 valence electrons. The Labute approximate surface area is 108 Å². The van der Waals surface area contributed by atoms with E-state index in [1.807, 2.05) is 12.1 Å². The van der Waals surface area contributed by atoms with Crippen molar-refractivity contribution in [3.05, 3.63) is 28.8 Å². The number of hydrogen-bond donors (Lipinski definition) is 1. The van der Waals surface area contributed by atoms with Crippen LogP contribution >= 0.6 is 24.0 Å². The summed E-state index contributed by atoms with van der Waals surface area (Å²) < 4.78 is 5.21. The van der Waals surface area contributed by atoms with Gasteiger partial charge in [0.25, 0.3) is 0 Å². The van der Waals surface area contributed by atoms with E-state index in [9.17, 15) is 0 Å². The fraction of sp³-hybridized carbons (Fsp3) is 0.500. The van der Waals surface area contributed by atoms with Gasteiger partial charge in [-0.3, -0.25) is 0 Å². The molecule has 1 aromatic carbocycles. The van der Waals surface area contributed by atoms with E-state index >= 15 is 0 Å². The summed E-state index contributed by atoms with van der Waals surface area (Å²) >= 11 is 6.04. The van der Waals surface area contributed by atoms with E-state index in [2.05, 4.69) is 11.4 Å². The van der Waals surface area contributed by atoms with Crippen LogP contribution in [0.5, 0.6) is 5.75 Å². The van der Waals surface area contributed by atoms with Crippen molar-refractivity contribution in [1.29, 1.82) is 0 Å². The summed E-state index contributed by atoms with van der Waals surface area (Å²) in [6.45, 7) is 1.10. The molecule has 0 amide bonds. The third kappa shape index (κ3) is 3.27. The predicted molar refractivity (Wildman–Crippen MR) is 69.8 cm³/mol. The second-order valence-electron chi connectivity index (χ2n) is 3.93. The van der Waals surface area contributed by atoms with Gasteiger partial charge < -0.3 is 10.1 Å². The standard InChI is InChI=1S/C12H16ClNO.ClH/c1-15-11-7-9(6-10(13)8-11)12-4-2-3-5-14-12;/h6-8,12,14H,2-5H2,1H3;1H/t12-;/m0./s1. The molecule has 2 nitrogen and oxygen atoms in total. The minimum absolute atomic E-state index is 0. The van der Waals surface area contributed by atoms with Crippen LogP contribution in [0, 0.1) is 0 Å². The molecule has 1 heterocycles. The van der Waals surface area contributed by atoms with Crippen molar-refractivity contribution in [1.82, 2.24) is 5.32 Å². The Morgan fingerprint density at radius 2 is 2.12 bits per heavy atom. The summed E-state index contributed by atoms with van der Waals surface area (Å²) in [5.41, 5.74) is 1.24. The van der Waals surface area contributed by atoms with E-state index in [1.165, 1.54) is 24.8 Å². The van der Waals surface area contributed by atoms with Gasteiger partial charge in [-0.2, -0.15) is 0 Å². The fourth-order valence-corrected chi connectivity index (χ4v) is 2.27. The van der Waals surface area contributed by atoms with Gasteiger partial charge in [-0.15, -0.1) is 12.4 Å². The highest BCUT2D eigenvalue weighted by Gasteiger charge is 2.15. The number of piperidine rings is 1. The van der Waals surface area contributed by atoms with Gasteiger partial charge in [0, 0.05) is 11.1 Å². The molecule has 16 heavy (non-hydrogen) atoms. The van der Waals surface area contributed by atoms with Gasteiger partial charge in [-0.25, -0.2) is 0 Å². The monoisotopic (exact) mass is 261 g/mol. The smallest absolute Gasteiger partial charge is 0.120 e. The van der Waals surface area contributed by atoms with Crippen molar-refractivity contribution in [2.24, 2.45) is 0 Å². The number of halogens is 2. The molecule has 0 saturated carbocycles. The molecule has 0 spiro atoms. The lowest BCUT2D eigenvalue weighted by Crippen LogP contribution is -2.26. The van der Waals surface area contributed by atoms with Gasteiger partial charge in [0.05, 0.1) is 7.11 Å². The number of ether oxygens (including phenoxy) is 1. The van der Waals surface area contributed by atoms with E-state index in [0.717, 1.165) is 17.3 Å². The molecule has 1 aromatic rings. The molecule has 0 aliphatic carbocycles. The summed E-state index contributed by atoms with van der Waals surface area (Å²) in [4.78, 5) is 0. The van der Waals surface area contributed by atoms with E-state index in [1.54, 1.807) is 7.11 Å². The van der Waals surface area contributed by atoms with Crippen molar-refractivity contribution in [2.45, 2.75) is 25.3 Å². The summed E-state index contributed by atoms with van der Waals surface area (Å²) in [6.07, 6.45) is 3.74. The minimum Gasteiger partial charge on any atom is -0.497 e. The first-order valence-electron chi connectivity index (χ1n) is 5.37. The van der Waals surface area contributed by atoms with Crippen LogP contribution in [-0.4, -0.2) is 13.7 Å². The quantitative estimate of drug-likeness (QED) is 0.879. The molecule has 1 saturated heterocycles. The highest BCUT2D eigenvalue weighted by atomic mass is 35.5. The zero-order valence-corrected chi connectivity index (χ0v) is 10.9. The molecule has 1 fully saturated rings. The Bertz CT molecular complexity index is 338. The Balaban J connectivity index is 0.00000128. The molecule has 0 bridgehead atoms. The molecule has 1 aliphatic rings. The first-order chi connectivity index (χ1) is 7.29. The molecule has 1 atom stereocenters. The molecular weight excluding hydrogens is 245 g/mol. The lowest BCUT2D eigenvalue weighted by molar-refractivity contribution is 0.400. The van der Waals surface area contributed by atoms with E-state index in [-0.39, 0.29) is 12.4 Å².